The average molecular weight is 210 g/mol. The number of hydrogen-bond acceptors (Lipinski definition) is 4. The van der Waals surface area contributed by atoms with Crippen molar-refractivity contribution in [1.82, 2.24) is 0 Å². The van der Waals surface area contributed by atoms with Crippen LogP contribution in [0.3, 0.4) is 0 Å². The van der Waals surface area contributed by atoms with Crippen LogP contribution in [0.15, 0.2) is 12.1 Å². The number of rotatable bonds is 3. The maximum Gasteiger partial charge on any atom is 0.312 e. The highest BCUT2D eigenvalue weighted by molar-refractivity contribution is 5.57. The van der Waals surface area contributed by atoms with Gasteiger partial charge in [-0.25, -0.2) is 4.39 Å². The summed E-state index contributed by atoms with van der Waals surface area (Å²) < 4.78 is 18.0. The molecule has 0 aliphatic carbocycles. The van der Waals surface area contributed by atoms with Gasteiger partial charge in [-0.3, -0.25) is 10.1 Å². The third-order valence-corrected chi connectivity index (χ3v) is 1.68. The van der Waals surface area contributed by atoms with Gasteiger partial charge in [-0.1, -0.05) is 0 Å². The van der Waals surface area contributed by atoms with E-state index >= 15 is 0 Å². The van der Waals surface area contributed by atoms with Crippen LogP contribution in [0.25, 0.3) is 0 Å². The number of nitro groups is 1. The summed E-state index contributed by atoms with van der Waals surface area (Å²) >= 11 is 0. The van der Waals surface area contributed by atoms with Crippen LogP contribution in [-0.4, -0.2) is 11.5 Å². The zero-order valence-corrected chi connectivity index (χ0v) is 7.86. The SMILES string of the molecule is CCOc1c([N+](=O)[O-])ccc(F)c1C#N. The molecule has 1 aromatic rings. The predicted molar refractivity (Wildman–Crippen MR) is 48.9 cm³/mol. The number of nitriles is 1. The predicted octanol–water partition coefficient (Wildman–Crippen LogP) is 2.00. The average Bonchev–Trinajstić information content (AvgIpc) is 2.18. The van der Waals surface area contributed by atoms with Crippen molar-refractivity contribution < 1.29 is 14.1 Å². The van der Waals surface area contributed by atoms with Gasteiger partial charge < -0.3 is 4.74 Å². The fraction of sp³-hybridized carbons (Fsp3) is 0.222. The Bertz CT molecular complexity index is 440. The molecule has 78 valence electrons. The molecule has 6 heteroatoms. The van der Waals surface area contributed by atoms with Gasteiger partial charge in [0.15, 0.2) is 0 Å². The van der Waals surface area contributed by atoms with Crippen LogP contribution in [0.5, 0.6) is 5.75 Å². The Morgan fingerprint density at radius 2 is 2.33 bits per heavy atom. The van der Waals surface area contributed by atoms with Gasteiger partial charge in [0.1, 0.15) is 17.4 Å². The molecule has 0 radical (unpaired) electrons. The highest BCUT2D eigenvalue weighted by Crippen LogP contribution is 2.32. The van der Waals surface area contributed by atoms with Crippen molar-refractivity contribution in [3.05, 3.63) is 33.6 Å². The summed E-state index contributed by atoms with van der Waals surface area (Å²) in [5.41, 5.74) is -0.846. The maximum atomic E-state index is 13.1. The van der Waals surface area contributed by atoms with E-state index in [9.17, 15) is 14.5 Å². The van der Waals surface area contributed by atoms with Crippen molar-refractivity contribution in [1.29, 1.82) is 5.26 Å². The molecule has 0 aliphatic rings. The Balaban J connectivity index is 3.43. The van der Waals surface area contributed by atoms with Gasteiger partial charge in [0, 0.05) is 6.07 Å². The summed E-state index contributed by atoms with van der Waals surface area (Å²) in [5.74, 6) is -1.14. The van der Waals surface area contributed by atoms with Crippen LogP contribution in [0, 0.1) is 27.3 Å². The largest absolute Gasteiger partial charge is 0.486 e. The molecule has 0 N–H and O–H groups in total. The summed E-state index contributed by atoms with van der Waals surface area (Å²) in [6.45, 7) is 1.72. The van der Waals surface area contributed by atoms with Crippen molar-refractivity contribution in [2.24, 2.45) is 0 Å². The van der Waals surface area contributed by atoms with E-state index in [1.54, 1.807) is 6.92 Å². The first-order valence-electron chi connectivity index (χ1n) is 4.11. The Labute approximate surface area is 84.9 Å². The van der Waals surface area contributed by atoms with E-state index in [4.69, 9.17) is 10.00 Å². The zero-order valence-electron chi connectivity index (χ0n) is 7.86. The van der Waals surface area contributed by atoms with Gasteiger partial charge in [-0.05, 0) is 13.0 Å². The second-order valence-corrected chi connectivity index (χ2v) is 2.57. The summed E-state index contributed by atoms with van der Waals surface area (Å²) in [7, 11) is 0. The molecule has 0 amide bonds. The molecular formula is C9H7FN2O3. The number of ether oxygens (including phenoxy) is 1. The van der Waals surface area contributed by atoms with Gasteiger partial charge in [-0.15, -0.1) is 0 Å². The first-order chi connectivity index (χ1) is 7.11. The second-order valence-electron chi connectivity index (χ2n) is 2.57. The molecule has 0 bridgehead atoms. The third-order valence-electron chi connectivity index (χ3n) is 1.68. The van der Waals surface area contributed by atoms with Crippen molar-refractivity contribution in [2.75, 3.05) is 6.61 Å². The lowest BCUT2D eigenvalue weighted by molar-refractivity contribution is -0.385. The maximum absolute atomic E-state index is 13.1. The molecule has 0 unspecified atom stereocenters. The van der Waals surface area contributed by atoms with Crippen LogP contribution < -0.4 is 4.74 Å². The lowest BCUT2D eigenvalue weighted by atomic mass is 10.2. The molecule has 15 heavy (non-hydrogen) atoms. The summed E-state index contributed by atoms with van der Waals surface area (Å²) in [6.07, 6.45) is 0. The minimum absolute atomic E-state index is 0.124. The molecule has 0 aromatic heterocycles. The van der Waals surface area contributed by atoms with Crippen molar-refractivity contribution in [3.63, 3.8) is 0 Å². The molecular weight excluding hydrogens is 203 g/mol. The normalized spacial score (nSPS) is 9.40. The number of hydrogen-bond donors (Lipinski definition) is 0. The Kier molecular flexibility index (Phi) is 3.18. The first kappa shape index (κ1) is 10.9. The number of benzene rings is 1. The van der Waals surface area contributed by atoms with Gasteiger partial charge in [0.2, 0.25) is 5.75 Å². The van der Waals surface area contributed by atoms with Crippen molar-refractivity contribution in [3.8, 4) is 11.8 Å². The summed E-state index contributed by atoms with van der Waals surface area (Å²) in [4.78, 5) is 9.85. The van der Waals surface area contributed by atoms with Gasteiger partial charge in [0.25, 0.3) is 0 Å². The number of halogens is 1. The van der Waals surface area contributed by atoms with Crippen molar-refractivity contribution in [2.45, 2.75) is 6.92 Å². The topological polar surface area (TPSA) is 76.2 Å². The smallest absolute Gasteiger partial charge is 0.312 e. The van der Waals surface area contributed by atoms with E-state index in [2.05, 4.69) is 0 Å². The lowest BCUT2D eigenvalue weighted by Gasteiger charge is -2.05. The zero-order chi connectivity index (χ0) is 11.4. The molecule has 0 heterocycles. The molecule has 0 saturated carbocycles. The standard InChI is InChI=1S/C9H7FN2O3/c1-2-15-9-6(5-11)7(10)3-4-8(9)12(13)14/h3-4H,2H2,1H3. The van der Waals surface area contributed by atoms with Crippen LogP contribution in [0.2, 0.25) is 0 Å². The van der Waals surface area contributed by atoms with Crippen LogP contribution in [0.1, 0.15) is 12.5 Å². The van der Waals surface area contributed by atoms with E-state index in [0.29, 0.717) is 0 Å². The molecule has 0 aliphatic heterocycles. The number of nitrogens with zero attached hydrogens (tertiary/aromatic N) is 2. The lowest BCUT2D eigenvalue weighted by Crippen LogP contribution is -2.01. The Morgan fingerprint density at radius 3 is 2.80 bits per heavy atom. The third kappa shape index (κ3) is 2.02. The van der Waals surface area contributed by atoms with Gasteiger partial charge in [-0.2, -0.15) is 5.26 Å². The molecule has 0 atom stereocenters. The van der Waals surface area contributed by atoms with E-state index in [1.165, 1.54) is 6.07 Å². The highest BCUT2D eigenvalue weighted by Gasteiger charge is 2.22. The number of nitro benzene ring substituents is 1. The van der Waals surface area contributed by atoms with E-state index in [1.807, 2.05) is 0 Å². The van der Waals surface area contributed by atoms with Crippen LogP contribution in [0.4, 0.5) is 10.1 Å². The molecule has 1 aromatic carbocycles. The fourth-order valence-electron chi connectivity index (χ4n) is 1.09. The second kappa shape index (κ2) is 4.37. The molecule has 1 rings (SSSR count). The monoisotopic (exact) mass is 210 g/mol. The summed E-state index contributed by atoms with van der Waals surface area (Å²) in [5, 5.41) is 19.2. The van der Waals surface area contributed by atoms with Crippen molar-refractivity contribution >= 4 is 5.69 Å². The molecule has 0 saturated heterocycles. The molecule has 5 nitrogen and oxygen atoms in total. The minimum atomic E-state index is -0.827. The quantitative estimate of drug-likeness (QED) is 0.564. The first-order valence-corrected chi connectivity index (χ1v) is 4.11. The van der Waals surface area contributed by atoms with Crippen LogP contribution in [-0.2, 0) is 0 Å². The minimum Gasteiger partial charge on any atom is -0.486 e. The fourth-order valence-corrected chi connectivity index (χ4v) is 1.09. The van der Waals surface area contributed by atoms with E-state index < -0.39 is 22.0 Å². The van der Waals surface area contributed by atoms with E-state index in [-0.39, 0.29) is 12.4 Å². The van der Waals surface area contributed by atoms with Gasteiger partial charge in [0.05, 0.1) is 11.5 Å². The van der Waals surface area contributed by atoms with E-state index in [0.717, 1.165) is 12.1 Å². The Morgan fingerprint density at radius 1 is 1.67 bits per heavy atom. The Hall–Kier alpha value is -2.16. The molecule has 0 spiro atoms. The van der Waals surface area contributed by atoms with Gasteiger partial charge >= 0.3 is 5.69 Å². The summed E-state index contributed by atoms with van der Waals surface area (Å²) in [6, 6.07) is 3.39. The van der Waals surface area contributed by atoms with Crippen LogP contribution >= 0.6 is 0 Å². The molecule has 0 fully saturated rings. The highest BCUT2D eigenvalue weighted by atomic mass is 19.1.